The number of nitrogen functional groups attached to an aromatic ring is 1. The fourth-order valence-corrected chi connectivity index (χ4v) is 1.66. The van der Waals surface area contributed by atoms with Gasteiger partial charge in [-0.25, -0.2) is 9.97 Å². The number of nitrogens with two attached hydrogens (primary N) is 1. The van der Waals surface area contributed by atoms with Crippen LogP contribution in [0.5, 0.6) is 0 Å². The van der Waals surface area contributed by atoms with Crippen LogP contribution in [0.2, 0.25) is 0 Å². The van der Waals surface area contributed by atoms with Crippen LogP contribution >= 0.6 is 0 Å². The Kier molecular flexibility index (Phi) is 3.72. The van der Waals surface area contributed by atoms with Crippen LogP contribution < -0.4 is 5.73 Å². The van der Waals surface area contributed by atoms with Gasteiger partial charge in [0.25, 0.3) is 0 Å². The van der Waals surface area contributed by atoms with Crippen molar-refractivity contribution in [2.24, 2.45) is 0 Å². The molecule has 5 heteroatoms. The fourth-order valence-electron chi connectivity index (χ4n) is 1.66. The van der Waals surface area contributed by atoms with Crippen molar-refractivity contribution in [2.75, 3.05) is 18.9 Å². The predicted octanol–water partition coefficient (Wildman–Crippen LogP) is 1.56. The Morgan fingerprint density at radius 2 is 2.35 bits per heavy atom. The van der Waals surface area contributed by atoms with Crippen LogP contribution in [0.4, 0.5) is 5.82 Å². The zero-order valence-corrected chi connectivity index (χ0v) is 9.84. The lowest BCUT2D eigenvalue weighted by Gasteiger charge is -2.09. The average molecular weight is 232 g/mol. The van der Waals surface area contributed by atoms with Gasteiger partial charge in [0.15, 0.2) is 0 Å². The molecule has 0 aliphatic rings. The summed E-state index contributed by atoms with van der Waals surface area (Å²) in [6, 6.07) is 3.81. The van der Waals surface area contributed by atoms with Gasteiger partial charge in [-0.05, 0) is 19.1 Å². The molecule has 0 atom stereocenters. The van der Waals surface area contributed by atoms with Crippen molar-refractivity contribution in [1.82, 2.24) is 14.5 Å². The molecule has 0 amide bonds. The molecule has 2 heterocycles. The summed E-state index contributed by atoms with van der Waals surface area (Å²) in [6.45, 7) is 4.13. The van der Waals surface area contributed by atoms with Gasteiger partial charge in [-0.3, -0.25) is 0 Å². The number of hydrogen-bond acceptors (Lipinski definition) is 4. The van der Waals surface area contributed by atoms with Crippen molar-refractivity contribution in [2.45, 2.75) is 13.5 Å². The second-order valence-corrected chi connectivity index (χ2v) is 3.61. The Hall–Kier alpha value is -1.88. The van der Waals surface area contributed by atoms with E-state index in [0.29, 0.717) is 12.4 Å². The molecule has 0 aromatic carbocycles. The molecule has 90 valence electrons. The van der Waals surface area contributed by atoms with Crippen molar-refractivity contribution >= 4 is 5.82 Å². The molecule has 0 unspecified atom stereocenters. The van der Waals surface area contributed by atoms with Crippen LogP contribution in [-0.4, -0.2) is 27.7 Å². The average Bonchev–Trinajstić information content (AvgIpc) is 2.78. The zero-order valence-electron chi connectivity index (χ0n) is 9.84. The first-order chi connectivity index (χ1) is 8.33. The summed E-state index contributed by atoms with van der Waals surface area (Å²) in [7, 11) is 0. The quantitative estimate of drug-likeness (QED) is 0.794. The molecular weight excluding hydrogens is 216 g/mol. The number of nitrogens with zero attached hydrogens (tertiary/aromatic N) is 3. The van der Waals surface area contributed by atoms with Gasteiger partial charge >= 0.3 is 0 Å². The van der Waals surface area contributed by atoms with Gasteiger partial charge in [0.05, 0.1) is 24.8 Å². The molecule has 0 spiro atoms. The number of ether oxygens (including phenoxy) is 1. The van der Waals surface area contributed by atoms with Gasteiger partial charge < -0.3 is 15.0 Å². The van der Waals surface area contributed by atoms with Crippen LogP contribution in [0, 0.1) is 0 Å². The first-order valence-electron chi connectivity index (χ1n) is 5.61. The Morgan fingerprint density at radius 3 is 3.12 bits per heavy atom. The lowest BCUT2D eigenvalue weighted by molar-refractivity contribution is 0.139. The van der Waals surface area contributed by atoms with E-state index in [2.05, 4.69) is 9.97 Å². The maximum atomic E-state index is 5.85. The summed E-state index contributed by atoms with van der Waals surface area (Å²) in [5.74, 6) is 0.519. The van der Waals surface area contributed by atoms with E-state index in [1.54, 1.807) is 18.7 Å². The van der Waals surface area contributed by atoms with E-state index < -0.39 is 0 Å². The molecule has 0 fully saturated rings. The second-order valence-electron chi connectivity index (χ2n) is 3.61. The summed E-state index contributed by atoms with van der Waals surface area (Å²) in [5.41, 5.74) is 7.72. The van der Waals surface area contributed by atoms with Crippen molar-refractivity contribution in [3.05, 3.63) is 30.9 Å². The van der Waals surface area contributed by atoms with Crippen LogP contribution in [-0.2, 0) is 11.3 Å². The third kappa shape index (κ3) is 2.62. The molecule has 2 aromatic heterocycles. The Balaban J connectivity index is 2.22. The molecule has 0 radical (unpaired) electrons. The van der Waals surface area contributed by atoms with Crippen LogP contribution in [0.1, 0.15) is 6.92 Å². The van der Waals surface area contributed by atoms with Crippen LogP contribution in [0.25, 0.3) is 11.3 Å². The van der Waals surface area contributed by atoms with Gasteiger partial charge in [0.1, 0.15) is 5.82 Å². The minimum absolute atomic E-state index is 0.519. The predicted molar refractivity (Wildman–Crippen MR) is 66.4 cm³/mol. The smallest absolute Gasteiger partial charge is 0.132 e. The summed E-state index contributed by atoms with van der Waals surface area (Å²) < 4.78 is 7.35. The highest BCUT2D eigenvalue weighted by Crippen LogP contribution is 2.23. The number of aromatic nitrogens is 3. The van der Waals surface area contributed by atoms with Crippen molar-refractivity contribution in [1.29, 1.82) is 0 Å². The van der Waals surface area contributed by atoms with E-state index in [4.69, 9.17) is 10.5 Å². The van der Waals surface area contributed by atoms with E-state index >= 15 is 0 Å². The molecule has 0 saturated heterocycles. The maximum Gasteiger partial charge on any atom is 0.132 e. The molecule has 0 bridgehead atoms. The molecule has 2 aromatic rings. The van der Waals surface area contributed by atoms with E-state index in [1.807, 2.05) is 23.6 Å². The molecule has 5 nitrogen and oxygen atoms in total. The van der Waals surface area contributed by atoms with Crippen molar-refractivity contribution < 1.29 is 4.74 Å². The van der Waals surface area contributed by atoms with Gasteiger partial charge in [0.2, 0.25) is 0 Å². The SMILES string of the molecule is CCOCCn1cncc1-c1cccnc1N. The first kappa shape index (κ1) is 11.6. The minimum atomic E-state index is 0.519. The van der Waals surface area contributed by atoms with Gasteiger partial charge in [-0.15, -0.1) is 0 Å². The maximum absolute atomic E-state index is 5.85. The topological polar surface area (TPSA) is 66.0 Å². The molecule has 0 saturated carbocycles. The van der Waals surface area contributed by atoms with Crippen molar-refractivity contribution in [3.8, 4) is 11.3 Å². The normalized spacial score (nSPS) is 10.6. The number of rotatable bonds is 5. The molecule has 2 rings (SSSR count). The summed E-state index contributed by atoms with van der Waals surface area (Å²) in [6.07, 6.45) is 5.25. The molecule has 2 N–H and O–H groups in total. The number of pyridine rings is 1. The minimum Gasteiger partial charge on any atom is -0.383 e. The zero-order chi connectivity index (χ0) is 12.1. The first-order valence-corrected chi connectivity index (χ1v) is 5.61. The number of anilines is 1. The highest BCUT2D eigenvalue weighted by molar-refractivity contribution is 5.70. The largest absolute Gasteiger partial charge is 0.383 e. The Labute approximate surface area is 100 Å². The molecular formula is C12H16N4O. The highest BCUT2D eigenvalue weighted by Gasteiger charge is 2.08. The van der Waals surface area contributed by atoms with E-state index in [-0.39, 0.29) is 0 Å². The summed E-state index contributed by atoms with van der Waals surface area (Å²) >= 11 is 0. The molecule has 17 heavy (non-hydrogen) atoms. The third-order valence-corrected chi connectivity index (χ3v) is 2.51. The van der Waals surface area contributed by atoms with E-state index in [0.717, 1.165) is 24.4 Å². The van der Waals surface area contributed by atoms with Crippen LogP contribution in [0.3, 0.4) is 0 Å². The lowest BCUT2D eigenvalue weighted by atomic mass is 10.2. The Morgan fingerprint density at radius 1 is 1.47 bits per heavy atom. The lowest BCUT2D eigenvalue weighted by Crippen LogP contribution is -2.07. The summed E-state index contributed by atoms with van der Waals surface area (Å²) in [4.78, 5) is 8.22. The monoisotopic (exact) mass is 232 g/mol. The highest BCUT2D eigenvalue weighted by atomic mass is 16.5. The van der Waals surface area contributed by atoms with Crippen molar-refractivity contribution in [3.63, 3.8) is 0 Å². The van der Waals surface area contributed by atoms with E-state index in [9.17, 15) is 0 Å². The standard InChI is InChI=1S/C12H16N4O/c1-2-17-7-6-16-9-14-8-11(16)10-4-3-5-15-12(10)13/h3-5,8-9H,2,6-7H2,1H3,(H2,13,15). The van der Waals surface area contributed by atoms with E-state index in [1.165, 1.54) is 0 Å². The van der Waals surface area contributed by atoms with Gasteiger partial charge in [-0.2, -0.15) is 0 Å². The summed E-state index contributed by atoms with van der Waals surface area (Å²) in [5, 5.41) is 0. The van der Waals surface area contributed by atoms with Gasteiger partial charge in [-0.1, -0.05) is 0 Å². The number of imidazole rings is 1. The Bertz CT molecular complexity index is 481. The van der Waals surface area contributed by atoms with Crippen LogP contribution in [0.15, 0.2) is 30.9 Å². The molecule has 0 aliphatic carbocycles. The molecule has 0 aliphatic heterocycles. The fraction of sp³-hybridized carbons (Fsp3) is 0.333. The van der Waals surface area contributed by atoms with Gasteiger partial charge in [0, 0.05) is 24.9 Å². The second kappa shape index (κ2) is 5.45. The number of hydrogen-bond donors (Lipinski definition) is 1. The third-order valence-electron chi connectivity index (χ3n) is 2.51.